The van der Waals surface area contributed by atoms with Crippen LogP contribution in [0.1, 0.15) is 29.1 Å². The van der Waals surface area contributed by atoms with Crippen LogP contribution in [-0.2, 0) is 19.4 Å². The van der Waals surface area contributed by atoms with Gasteiger partial charge in [-0.1, -0.05) is 18.2 Å². The molecule has 5 nitrogen and oxygen atoms in total. The van der Waals surface area contributed by atoms with Gasteiger partial charge >= 0.3 is 0 Å². The molecule has 1 aromatic carbocycles. The zero-order chi connectivity index (χ0) is 17.1. The smallest absolute Gasteiger partial charge is 0.169 e. The number of nitrogens with one attached hydrogen (secondary N) is 1. The Labute approximate surface area is 151 Å². The third-order valence-corrected chi connectivity index (χ3v) is 5.59. The zero-order valence-electron chi connectivity index (χ0n) is 14.1. The number of hydrogen-bond acceptors (Lipinski definition) is 6. The molecule has 6 heteroatoms. The van der Waals surface area contributed by atoms with Crippen molar-refractivity contribution in [3.63, 3.8) is 0 Å². The first-order valence-electron chi connectivity index (χ1n) is 8.78. The lowest BCUT2D eigenvalue weighted by atomic mass is 9.97. The van der Waals surface area contributed by atoms with Gasteiger partial charge in [0, 0.05) is 18.0 Å². The Kier molecular flexibility index (Phi) is 4.81. The Bertz CT molecular complexity index is 863. The molecule has 0 fully saturated rings. The van der Waals surface area contributed by atoms with Crippen LogP contribution in [0.25, 0.3) is 10.2 Å². The quantitative estimate of drug-likeness (QED) is 0.708. The number of anilines is 1. The van der Waals surface area contributed by atoms with E-state index >= 15 is 0 Å². The standard InChI is InChI=1S/C19H22N4OS/c20-10-11-21-18-17-14-8-4-5-9-15(14)25-19(17)23-16(22-18)12-24-13-6-2-1-3-7-13/h1-3,6-7H,4-5,8-12,20H2,(H,21,22,23). The van der Waals surface area contributed by atoms with Crippen LogP contribution >= 0.6 is 11.3 Å². The topological polar surface area (TPSA) is 73.1 Å². The van der Waals surface area contributed by atoms with Gasteiger partial charge in [0.1, 0.15) is 23.0 Å². The van der Waals surface area contributed by atoms with Gasteiger partial charge in [0.2, 0.25) is 0 Å². The van der Waals surface area contributed by atoms with Gasteiger partial charge in [-0.25, -0.2) is 9.97 Å². The van der Waals surface area contributed by atoms with Crippen LogP contribution in [0.15, 0.2) is 30.3 Å². The maximum absolute atomic E-state index is 5.83. The highest BCUT2D eigenvalue weighted by Gasteiger charge is 2.21. The molecular formula is C19H22N4OS. The minimum absolute atomic E-state index is 0.361. The van der Waals surface area contributed by atoms with Gasteiger partial charge in [0.05, 0.1) is 5.39 Å². The van der Waals surface area contributed by atoms with Crippen LogP contribution in [0.2, 0.25) is 0 Å². The van der Waals surface area contributed by atoms with Crippen LogP contribution in [0.3, 0.4) is 0 Å². The molecular weight excluding hydrogens is 332 g/mol. The molecule has 0 bridgehead atoms. The number of hydrogen-bond donors (Lipinski definition) is 2. The second-order valence-corrected chi connectivity index (χ2v) is 7.28. The lowest BCUT2D eigenvalue weighted by Crippen LogP contribution is -2.15. The number of para-hydroxylation sites is 1. The molecule has 0 radical (unpaired) electrons. The number of thiophene rings is 1. The van der Waals surface area contributed by atoms with E-state index in [4.69, 9.17) is 20.4 Å². The van der Waals surface area contributed by atoms with Crippen LogP contribution in [0.5, 0.6) is 5.75 Å². The van der Waals surface area contributed by atoms with E-state index in [0.717, 1.165) is 29.2 Å². The van der Waals surface area contributed by atoms with Gasteiger partial charge in [-0.3, -0.25) is 0 Å². The minimum Gasteiger partial charge on any atom is -0.486 e. The number of rotatable bonds is 6. The fourth-order valence-corrected chi connectivity index (χ4v) is 4.53. The van der Waals surface area contributed by atoms with Crippen LogP contribution in [0, 0.1) is 0 Å². The van der Waals surface area contributed by atoms with Gasteiger partial charge in [-0.15, -0.1) is 11.3 Å². The summed E-state index contributed by atoms with van der Waals surface area (Å²) in [5.74, 6) is 2.43. The zero-order valence-corrected chi connectivity index (χ0v) is 14.9. The van der Waals surface area contributed by atoms with Crippen molar-refractivity contribution >= 4 is 27.4 Å². The first kappa shape index (κ1) is 16.3. The molecule has 0 unspecified atom stereocenters. The second-order valence-electron chi connectivity index (χ2n) is 6.20. The van der Waals surface area contributed by atoms with E-state index < -0.39 is 0 Å². The van der Waals surface area contributed by atoms with E-state index in [-0.39, 0.29) is 0 Å². The summed E-state index contributed by atoms with van der Waals surface area (Å²) in [6.45, 7) is 1.64. The van der Waals surface area contributed by atoms with Gasteiger partial charge in [0.15, 0.2) is 5.82 Å². The van der Waals surface area contributed by atoms with E-state index in [1.54, 1.807) is 11.3 Å². The van der Waals surface area contributed by atoms with Crippen molar-refractivity contribution < 1.29 is 4.74 Å². The van der Waals surface area contributed by atoms with E-state index in [9.17, 15) is 0 Å². The summed E-state index contributed by atoms with van der Waals surface area (Å²) in [4.78, 5) is 12.0. The van der Waals surface area contributed by atoms with Crippen LogP contribution in [0.4, 0.5) is 5.82 Å². The third kappa shape index (κ3) is 3.45. The van der Waals surface area contributed by atoms with Crippen LogP contribution in [-0.4, -0.2) is 23.1 Å². The van der Waals surface area contributed by atoms with Crippen molar-refractivity contribution in [2.24, 2.45) is 5.73 Å². The summed E-state index contributed by atoms with van der Waals surface area (Å²) in [5.41, 5.74) is 7.11. The number of aromatic nitrogens is 2. The lowest BCUT2D eigenvalue weighted by molar-refractivity contribution is 0.296. The second kappa shape index (κ2) is 7.37. The van der Waals surface area contributed by atoms with Crippen molar-refractivity contribution in [1.29, 1.82) is 0 Å². The highest BCUT2D eigenvalue weighted by atomic mass is 32.1. The van der Waals surface area contributed by atoms with E-state index in [0.29, 0.717) is 25.5 Å². The molecule has 2 aromatic heterocycles. The molecule has 1 aliphatic rings. The fraction of sp³-hybridized carbons (Fsp3) is 0.368. The molecule has 130 valence electrons. The summed E-state index contributed by atoms with van der Waals surface area (Å²) in [6.07, 6.45) is 4.79. The average molecular weight is 354 g/mol. The highest BCUT2D eigenvalue weighted by Crippen LogP contribution is 2.38. The van der Waals surface area contributed by atoms with E-state index in [2.05, 4.69) is 5.32 Å². The first-order valence-corrected chi connectivity index (χ1v) is 9.60. The van der Waals surface area contributed by atoms with Gasteiger partial charge in [-0.2, -0.15) is 0 Å². The predicted molar refractivity (Wildman–Crippen MR) is 102 cm³/mol. The molecule has 0 saturated carbocycles. The van der Waals surface area contributed by atoms with Crippen molar-refractivity contribution in [3.05, 3.63) is 46.6 Å². The molecule has 0 atom stereocenters. The summed E-state index contributed by atoms with van der Waals surface area (Å²) in [6, 6.07) is 9.77. The molecule has 3 N–H and O–H groups in total. The number of benzene rings is 1. The molecule has 3 aromatic rings. The molecule has 0 spiro atoms. The number of aryl methyl sites for hydroxylation is 2. The summed E-state index contributed by atoms with van der Waals surface area (Å²) in [7, 11) is 0. The highest BCUT2D eigenvalue weighted by molar-refractivity contribution is 7.19. The number of fused-ring (bicyclic) bond motifs is 3. The van der Waals surface area contributed by atoms with Gasteiger partial charge < -0.3 is 15.8 Å². The van der Waals surface area contributed by atoms with E-state index in [1.807, 2.05) is 30.3 Å². The SMILES string of the molecule is NCCNc1nc(COc2ccccc2)nc2sc3c(c12)CCCC3. The lowest BCUT2D eigenvalue weighted by Gasteiger charge is -2.13. The molecule has 0 aliphatic heterocycles. The Balaban J connectivity index is 1.68. The maximum Gasteiger partial charge on any atom is 0.169 e. The molecule has 0 saturated heterocycles. The van der Waals surface area contributed by atoms with Gasteiger partial charge in [-0.05, 0) is 43.4 Å². The van der Waals surface area contributed by atoms with Gasteiger partial charge in [0.25, 0.3) is 0 Å². The first-order chi connectivity index (χ1) is 12.3. The molecule has 4 rings (SSSR count). The Hall–Kier alpha value is -2.18. The van der Waals surface area contributed by atoms with E-state index in [1.165, 1.54) is 28.7 Å². The van der Waals surface area contributed by atoms with Crippen molar-refractivity contribution in [1.82, 2.24) is 9.97 Å². The average Bonchev–Trinajstić information content (AvgIpc) is 3.04. The Morgan fingerprint density at radius 1 is 1.12 bits per heavy atom. The number of nitrogens with zero attached hydrogens (tertiary/aromatic N) is 2. The predicted octanol–water partition coefficient (Wildman–Crippen LogP) is 3.52. The fourth-order valence-electron chi connectivity index (χ4n) is 3.25. The largest absolute Gasteiger partial charge is 0.486 e. The molecule has 0 amide bonds. The van der Waals surface area contributed by atoms with Crippen molar-refractivity contribution in [2.45, 2.75) is 32.3 Å². The molecule has 25 heavy (non-hydrogen) atoms. The third-order valence-electron chi connectivity index (χ3n) is 4.41. The molecule has 1 aliphatic carbocycles. The van der Waals surface area contributed by atoms with Crippen molar-refractivity contribution in [3.8, 4) is 5.75 Å². The van der Waals surface area contributed by atoms with Crippen LogP contribution < -0.4 is 15.8 Å². The molecule has 2 heterocycles. The monoisotopic (exact) mass is 354 g/mol. The minimum atomic E-state index is 0.361. The van der Waals surface area contributed by atoms with Crippen molar-refractivity contribution in [2.75, 3.05) is 18.4 Å². The number of nitrogens with two attached hydrogens (primary N) is 1. The normalized spacial score (nSPS) is 13.6. The summed E-state index contributed by atoms with van der Waals surface area (Å²) < 4.78 is 5.83. The Morgan fingerprint density at radius 3 is 2.80 bits per heavy atom. The summed E-state index contributed by atoms with van der Waals surface area (Å²) in [5, 5.41) is 4.58. The summed E-state index contributed by atoms with van der Waals surface area (Å²) >= 11 is 1.81. The number of ether oxygens (including phenoxy) is 1. The Morgan fingerprint density at radius 2 is 1.96 bits per heavy atom. The maximum atomic E-state index is 5.83.